The molecule has 122 valence electrons. The number of benzene rings is 1. The van der Waals surface area contributed by atoms with Gasteiger partial charge in [0.25, 0.3) is 0 Å². The number of carbonyl (C=O) groups is 2. The number of ketones is 1. The maximum absolute atomic E-state index is 12.0. The van der Waals surface area contributed by atoms with E-state index in [0.717, 1.165) is 12.2 Å². The van der Waals surface area contributed by atoms with Crippen LogP contribution in [0.5, 0.6) is 5.75 Å². The first kappa shape index (κ1) is 18.2. The van der Waals surface area contributed by atoms with Crippen LogP contribution in [-0.4, -0.2) is 30.4 Å². The molecule has 0 aliphatic heterocycles. The minimum absolute atomic E-state index is 0.0517. The number of carbonyl (C=O) groups excluding carboxylic acids is 2. The van der Waals surface area contributed by atoms with Gasteiger partial charge in [0.15, 0.2) is 5.78 Å². The van der Waals surface area contributed by atoms with Gasteiger partial charge >= 0.3 is 0 Å². The van der Waals surface area contributed by atoms with Gasteiger partial charge in [-0.1, -0.05) is 6.92 Å². The minimum Gasteiger partial charge on any atom is -0.494 e. The zero-order valence-electron chi connectivity index (χ0n) is 13.6. The number of amides is 1. The quantitative estimate of drug-likeness (QED) is 0.686. The predicted molar refractivity (Wildman–Crippen MR) is 87.1 cm³/mol. The number of rotatable bonds is 9. The number of nitrogens with one attached hydrogen (secondary N) is 1. The van der Waals surface area contributed by atoms with Crippen LogP contribution in [0, 0.1) is 0 Å². The van der Waals surface area contributed by atoms with Gasteiger partial charge in [-0.05, 0) is 44.5 Å². The first-order valence-electron chi connectivity index (χ1n) is 7.63. The van der Waals surface area contributed by atoms with Gasteiger partial charge in [-0.25, -0.2) is 0 Å². The van der Waals surface area contributed by atoms with Crippen molar-refractivity contribution in [1.29, 1.82) is 0 Å². The van der Waals surface area contributed by atoms with Gasteiger partial charge in [0.1, 0.15) is 5.75 Å². The topological polar surface area (TPSA) is 81.4 Å². The lowest BCUT2D eigenvalue weighted by molar-refractivity contribution is -0.121. The van der Waals surface area contributed by atoms with Gasteiger partial charge in [-0.3, -0.25) is 9.59 Å². The molecular weight excluding hydrogens is 280 g/mol. The summed E-state index contributed by atoms with van der Waals surface area (Å²) in [7, 11) is 0. The van der Waals surface area contributed by atoms with Crippen molar-refractivity contribution in [1.82, 2.24) is 5.32 Å². The van der Waals surface area contributed by atoms with Crippen molar-refractivity contribution in [3.8, 4) is 5.75 Å². The van der Waals surface area contributed by atoms with Crippen molar-refractivity contribution in [3.05, 3.63) is 29.8 Å². The van der Waals surface area contributed by atoms with Crippen LogP contribution in [0.1, 0.15) is 50.4 Å². The van der Waals surface area contributed by atoms with Crippen LogP contribution in [0.3, 0.4) is 0 Å². The summed E-state index contributed by atoms with van der Waals surface area (Å²) < 4.78 is 5.46. The maximum Gasteiger partial charge on any atom is 0.220 e. The summed E-state index contributed by atoms with van der Waals surface area (Å²) in [6.07, 6.45) is 1.30. The lowest BCUT2D eigenvalue weighted by Gasteiger charge is -2.18. The zero-order valence-corrected chi connectivity index (χ0v) is 13.6. The average Bonchev–Trinajstić information content (AvgIpc) is 2.48. The second-order valence-corrected chi connectivity index (χ2v) is 6.06. The third-order valence-corrected chi connectivity index (χ3v) is 2.97. The summed E-state index contributed by atoms with van der Waals surface area (Å²) in [5.41, 5.74) is 5.93. The lowest BCUT2D eigenvalue weighted by Crippen LogP contribution is -2.45. The average molecular weight is 306 g/mol. The molecule has 0 saturated carbocycles. The molecule has 0 radical (unpaired) electrons. The van der Waals surface area contributed by atoms with E-state index in [9.17, 15) is 9.59 Å². The van der Waals surface area contributed by atoms with E-state index in [4.69, 9.17) is 10.5 Å². The van der Waals surface area contributed by atoms with Crippen LogP contribution in [0.2, 0.25) is 0 Å². The van der Waals surface area contributed by atoms with Crippen molar-refractivity contribution >= 4 is 11.7 Å². The van der Waals surface area contributed by atoms with Crippen molar-refractivity contribution in [2.45, 2.75) is 45.6 Å². The van der Waals surface area contributed by atoms with Gasteiger partial charge in [0.2, 0.25) is 5.91 Å². The van der Waals surface area contributed by atoms with Crippen LogP contribution in [0.25, 0.3) is 0 Å². The summed E-state index contributed by atoms with van der Waals surface area (Å²) in [6, 6.07) is 7.02. The highest BCUT2D eigenvalue weighted by atomic mass is 16.5. The summed E-state index contributed by atoms with van der Waals surface area (Å²) >= 11 is 0. The van der Waals surface area contributed by atoms with Gasteiger partial charge < -0.3 is 15.8 Å². The molecule has 0 aliphatic rings. The molecule has 0 fully saturated rings. The predicted octanol–water partition coefficient (Wildman–Crippen LogP) is 2.29. The van der Waals surface area contributed by atoms with E-state index >= 15 is 0 Å². The molecule has 0 bridgehead atoms. The zero-order chi connectivity index (χ0) is 16.6. The number of hydrogen-bond donors (Lipinski definition) is 2. The Balaban J connectivity index is 2.40. The van der Waals surface area contributed by atoms with Crippen molar-refractivity contribution in [2.75, 3.05) is 13.2 Å². The largest absolute Gasteiger partial charge is 0.494 e. The van der Waals surface area contributed by atoms with Crippen LogP contribution >= 0.6 is 0 Å². The summed E-state index contributed by atoms with van der Waals surface area (Å²) in [5.74, 6) is 0.542. The number of Topliss-reactive ketones (excluding diaryl/α,β-unsaturated/α-hetero) is 1. The second-order valence-electron chi connectivity index (χ2n) is 6.06. The Morgan fingerprint density at radius 1 is 1.18 bits per heavy atom. The van der Waals surface area contributed by atoms with Crippen LogP contribution < -0.4 is 15.8 Å². The second kappa shape index (κ2) is 8.54. The van der Waals surface area contributed by atoms with Crippen molar-refractivity contribution in [2.24, 2.45) is 5.73 Å². The number of nitrogens with two attached hydrogens (primary N) is 1. The van der Waals surface area contributed by atoms with Gasteiger partial charge in [-0.15, -0.1) is 0 Å². The Morgan fingerprint density at radius 2 is 1.82 bits per heavy atom. The molecular formula is C17H26N2O3. The van der Waals surface area contributed by atoms with Crippen LogP contribution in [0.4, 0.5) is 0 Å². The van der Waals surface area contributed by atoms with E-state index in [1.807, 2.05) is 20.8 Å². The molecule has 5 heteroatoms. The molecule has 0 aliphatic carbocycles. The Kier molecular flexibility index (Phi) is 7.05. The molecule has 1 aromatic carbocycles. The normalized spacial score (nSPS) is 11.1. The molecule has 5 nitrogen and oxygen atoms in total. The Bertz CT molecular complexity index is 490. The lowest BCUT2D eigenvalue weighted by atomic mass is 10.1. The number of hydrogen-bond acceptors (Lipinski definition) is 4. The minimum atomic E-state index is -0.450. The maximum atomic E-state index is 12.0. The molecule has 3 N–H and O–H groups in total. The van der Waals surface area contributed by atoms with Crippen LogP contribution in [0.15, 0.2) is 24.3 Å². The third-order valence-electron chi connectivity index (χ3n) is 2.97. The molecule has 0 aromatic heterocycles. The Hall–Kier alpha value is -1.88. The molecule has 1 aromatic rings. The van der Waals surface area contributed by atoms with Crippen molar-refractivity contribution < 1.29 is 14.3 Å². The summed E-state index contributed by atoms with van der Waals surface area (Å²) in [6.45, 7) is 6.75. The molecule has 1 amide bonds. The van der Waals surface area contributed by atoms with E-state index in [1.54, 1.807) is 24.3 Å². The highest BCUT2D eigenvalue weighted by Gasteiger charge is 2.13. The fourth-order valence-corrected chi connectivity index (χ4v) is 1.74. The number of ether oxygens (including phenoxy) is 1. The Labute approximate surface area is 132 Å². The fraction of sp³-hybridized carbons (Fsp3) is 0.529. The standard InChI is InChI=1S/C17H26N2O3/c1-4-11-22-14-7-5-13(6-8-14)15(20)9-10-16(21)19-12-17(2,3)18/h5-8H,4,9-12,18H2,1-3H3,(H,19,21). The molecule has 0 unspecified atom stereocenters. The first-order valence-corrected chi connectivity index (χ1v) is 7.63. The van der Waals surface area contributed by atoms with E-state index in [0.29, 0.717) is 18.7 Å². The molecule has 0 spiro atoms. The molecule has 22 heavy (non-hydrogen) atoms. The van der Waals surface area contributed by atoms with Crippen LogP contribution in [-0.2, 0) is 4.79 Å². The molecule has 0 heterocycles. The van der Waals surface area contributed by atoms with Crippen molar-refractivity contribution in [3.63, 3.8) is 0 Å². The highest BCUT2D eigenvalue weighted by Crippen LogP contribution is 2.14. The molecule has 0 saturated heterocycles. The highest BCUT2D eigenvalue weighted by molar-refractivity contribution is 5.98. The van der Waals surface area contributed by atoms with E-state index in [-0.39, 0.29) is 24.5 Å². The first-order chi connectivity index (χ1) is 10.3. The monoisotopic (exact) mass is 306 g/mol. The Morgan fingerprint density at radius 3 is 2.36 bits per heavy atom. The van der Waals surface area contributed by atoms with E-state index < -0.39 is 5.54 Å². The molecule has 1 rings (SSSR count). The summed E-state index contributed by atoms with van der Waals surface area (Å²) in [4.78, 5) is 23.7. The van der Waals surface area contributed by atoms with E-state index in [2.05, 4.69) is 5.32 Å². The van der Waals surface area contributed by atoms with Gasteiger partial charge in [0, 0.05) is 30.5 Å². The summed E-state index contributed by atoms with van der Waals surface area (Å²) in [5, 5.41) is 2.73. The molecule has 0 atom stereocenters. The fourth-order valence-electron chi connectivity index (χ4n) is 1.74. The van der Waals surface area contributed by atoms with Gasteiger partial charge in [-0.2, -0.15) is 0 Å². The van der Waals surface area contributed by atoms with Gasteiger partial charge in [0.05, 0.1) is 6.61 Å². The van der Waals surface area contributed by atoms with E-state index in [1.165, 1.54) is 0 Å². The smallest absolute Gasteiger partial charge is 0.220 e. The third kappa shape index (κ3) is 7.22. The SMILES string of the molecule is CCCOc1ccc(C(=O)CCC(=O)NCC(C)(C)N)cc1.